The number of amides is 2. The number of ether oxygens (including phenoxy) is 1. The SMILES string of the molecule is COCCNC(=O)c1ccc(NC(=S)NC(=O)c2ccc(C)c(I)c2)cc1. The van der Waals surface area contributed by atoms with E-state index in [-0.39, 0.29) is 16.9 Å². The minimum Gasteiger partial charge on any atom is -0.383 e. The van der Waals surface area contributed by atoms with Gasteiger partial charge in [-0.2, -0.15) is 0 Å². The van der Waals surface area contributed by atoms with Crippen LogP contribution in [0, 0.1) is 10.5 Å². The normalized spacial score (nSPS) is 10.2. The first-order valence-electron chi connectivity index (χ1n) is 8.16. The van der Waals surface area contributed by atoms with Crippen molar-refractivity contribution in [2.24, 2.45) is 0 Å². The number of aryl methyl sites for hydroxylation is 1. The first-order chi connectivity index (χ1) is 12.9. The van der Waals surface area contributed by atoms with E-state index in [4.69, 9.17) is 17.0 Å². The van der Waals surface area contributed by atoms with Crippen LogP contribution in [0.1, 0.15) is 26.3 Å². The average Bonchev–Trinajstić information content (AvgIpc) is 2.64. The van der Waals surface area contributed by atoms with E-state index in [1.54, 1.807) is 37.4 Å². The molecule has 6 nitrogen and oxygen atoms in total. The van der Waals surface area contributed by atoms with E-state index >= 15 is 0 Å². The smallest absolute Gasteiger partial charge is 0.257 e. The Balaban J connectivity index is 1.90. The predicted molar refractivity (Wildman–Crippen MR) is 118 cm³/mol. The minimum absolute atomic E-state index is 0.177. The molecule has 3 N–H and O–H groups in total. The zero-order chi connectivity index (χ0) is 19.8. The third-order valence-corrected chi connectivity index (χ3v) is 5.02. The molecule has 0 spiro atoms. The molecule has 0 saturated heterocycles. The van der Waals surface area contributed by atoms with Gasteiger partial charge in [-0.3, -0.25) is 14.9 Å². The molecular weight excluding hydrogens is 477 g/mol. The summed E-state index contributed by atoms with van der Waals surface area (Å²) in [5.41, 5.74) is 2.85. The van der Waals surface area contributed by atoms with E-state index in [0.717, 1.165) is 9.13 Å². The van der Waals surface area contributed by atoms with E-state index in [0.29, 0.717) is 30.0 Å². The lowest BCUT2D eigenvalue weighted by molar-refractivity contribution is 0.0935. The predicted octanol–water partition coefficient (Wildman–Crippen LogP) is 3.10. The van der Waals surface area contributed by atoms with Crippen LogP contribution in [0.15, 0.2) is 42.5 Å². The summed E-state index contributed by atoms with van der Waals surface area (Å²) in [6.45, 7) is 2.89. The molecular formula is C19H20IN3O3S. The monoisotopic (exact) mass is 497 g/mol. The van der Waals surface area contributed by atoms with Gasteiger partial charge in [-0.25, -0.2) is 0 Å². The summed E-state index contributed by atoms with van der Waals surface area (Å²) in [5, 5.41) is 8.51. The molecule has 0 fully saturated rings. The Kier molecular flexibility index (Phi) is 8.14. The molecule has 0 aliphatic carbocycles. The molecule has 8 heteroatoms. The number of nitrogens with one attached hydrogen (secondary N) is 3. The summed E-state index contributed by atoms with van der Waals surface area (Å²) in [7, 11) is 1.58. The van der Waals surface area contributed by atoms with Crippen molar-refractivity contribution in [2.75, 3.05) is 25.6 Å². The molecule has 0 aromatic heterocycles. The molecule has 0 aliphatic rings. The van der Waals surface area contributed by atoms with Crippen molar-refractivity contribution in [1.29, 1.82) is 0 Å². The maximum absolute atomic E-state index is 12.3. The molecule has 2 amide bonds. The lowest BCUT2D eigenvalue weighted by Crippen LogP contribution is -2.34. The van der Waals surface area contributed by atoms with Crippen LogP contribution in [0.2, 0.25) is 0 Å². The van der Waals surface area contributed by atoms with Gasteiger partial charge in [0, 0.05) is 34.0 Å². The number of rotatable bonds is 6. The number of methoxy groups -OCH3 is 1. The Bertz CT molecular complexity index is 841. The van der Waals surface area contributed by atoms with Gasteiger partial charge in [0.05, 0.1) is 6.61 Å². The van der Waals surface area contributed by atoms with Crippen molar-refractivity contribution in [2.45, 2.75) is 6.92 Å². The quantitative estimate of drug-likeness (QED) is 0.325. The van der Waals surface area contributed by atoms with Crippen molar-refractivity contribution >= 4 is 57.4 Å². The summed E-state index contributed by atoms with van der Waals surface area (Å²) in [6, 6.07) is 12.3. The topological polar surface area (TPSA) is 79.5 Å². The Morgan fingerprint density at radius 2 is 1.74 bits per heavy atom. The van der Waals surface area contributed by atoms with Gasteiger partial charge in [-0.1, -0.05) is 6.07 Å². The maximum atomic E-state index is 12.3. The molecule has 0 bridgehead atoms. The van der Waals surface area contributed by atoms with Crippen LogP contribution in [0.3, 0.4) is 0 Å². The van der Waals surface area contributed by atoms with Crippen LogP contribution in [-0.4, -0.2) is 37.2 Å². The van der Waals surface area contributed by atoms with Gasteiger partial charge in [-0.05, 0) is 83.7 Å². The number of hydrogen-bond acceptors (Lipinski definition) is 4. The molecule has 2 aromatic carbocycles. The van der Waals surface area contributed by atoms with E-state index in [2.05, 4.69) is 38.5 Å². The molecule has 0 saturated carbocycles. The van der Waals surface area contributed by atoms with Crippen LogP contribution >= 0.6 is 34.8 Å². The fourth-order valence-corrected chi connectivity index (χ4v) is 2.87. The summed E-state index contributed by atoms with van der Waals surface area (Å²) in [5.74, 6) is -0.456. The molecule has 0 unspecified atom stereocenters. The van der Waals surface area contributed by atoms with Crippen molar-refractivity contribution in [1.82, 2.24) is 10.6 Å². The lowest BCUT2D eigenvalue weighted by Gasteiger charge is -2.11. The number of carbonyl (C=O) groups excluding carboxylic acids is 2. The first kappa shape index (κ1) is 21.3. The molecule has 2 rings (SSSR count). The van der Waals surface area contributed by atoms with Crippen LogP contribution in [-0.2, 0) is 4.74 Å². The number of benzene rings is 2. The summed E-state index contributed by atoms with van der Waals surface area (Å²) in [6.07, 6.45) is 0. The summed E-state index contributed by atoms with van der Waals surface area (Å²) < 4.78 is 5.91. The fourth-order valence-electron chi connectivity index (χ4n) is 2.15. The molecule has 27 heavy (non-hydrogen) atoms. The molecule has 2 aromatic rings. The molecule has 0 heterocycles. The van der Waals surface area contributed by atoms with E-state index < -0.39 is 0 Å². The third kappa shape index (κ3) is 6.56. The van der Waals surface area contributed by atoms with Gasteiger partial charge in [0.15, 0.2) is 5.11 Å². The maximum Gasteiger partial charge on any atom is 0.257 e. The first-order valence-corrected chi connectivity index (χ1v) is 9.65. The standard InChI is InChI=1S/C19H20IN3O3S/c1-12-3-4-14(11-16(12)20)18(25)23-19(27)22-15-7-5-13(6-8-15)17(24)21-9-10-26-2/h3-8,11H,9-10H2,1-2H3,(H,21,24)(H2,22,23,25,27). The van der Waals surface area contributed by atoms with Gasteiger partial charge in [-0.15, -0.1) is 0 Å². The van der Waals surface area contributed by atoms with E-state index in [9.17, 15) is 9.59 Å². The second-order valence-corrected chi connectivity index (χ2v) is 7.27. The van der Waals surface area contributed by atoms with Gasteiger partial charge >= 0.3 is 0 Å². The Morgan fingerprint density at radius 3 is 2.37 bits per heavy atom. The highest BCUT2D eigenvalue weighted by Crippen LogP contribution is 2.14. The average molecular weight is 497 g/mol. The minimum atomic E-state index is -0.278. The summed E-state index contributed by atoms with van der Waals surface area (Å²) in [4.78, 5) is 24.2. The Morgan fingerprint density at radius 1 is 1.07 bits per heavy atom. The van der Waals surface area contributed by atoms with Crippen LogP contribution in [0.4, 0.5) is 5.69 Å². The largest absolute Gasteiger partial charge is 0.383 e. The van der Waals surface area contributed by atoms with Gasteiger partial charge in [0.1, 0.15) is 0 Å². The number of halogens is 1. The number of thiocarbonyl (C=S) groups is 1. The van der Waals surface area contributed by atoms with E-state index in [1.807, 2.05) is 19.1 Å². The van der Waals surface area contributed by atoms with Crippen LogP contribution in [0.5, 0.6) is 0 Å². The molecule has 0 radical (unpaired) electrons. The molecule has 142 valence electrons. The number of hydrogen-bond donors (Lipinski definition) is 3. The van der Waals surface area contributed by atoms with Crippen LogP contribution in [0.25, 0.3) is 0 Å². The highest BCUT2D eigenvalue weighted by molar-refractivity contribution is 14.1. The Labute approximate surface area is 177 Å². The molecule has 0 atom stereocenters. The second-order valence-electron chi connectivity index (χ2n) is 5.70. The highest BCUT2D eigenvalue weighted by Gasteiger charge is 2.10. The third-order valence-electron chi connectivity index (χ3n) is 3.66. The van der Waals surface area contributed by atoms with Crippen molar-refractivity contribution in [3.63, 3.8) is 0 Å². The summed E-state index contributed by atoms with van der Waals surface area (Å²) >= 11 is 7.37. The highest BCUT2D eigenvalue weighted by atomic mass is 127. The van der Waals surface area contributed by atoms with Crippen molar-refractivity contribution < 1.29 is 14.3 Å². The zero-order valence-electron chi connectivity index (χ0n) is 15.0. The second kappa shape index (κ2) is 10.3. The van der Waals surface area contributed by atoms with Crippen molar-refractivity contribution in [3.05, 3.63) is 62.7 Å². The van der Waals surface area contributed by atoms with Crippen molar-refractivity contribution in [3.8, 4) is 0 Å². The van der Waals surface area contributed by atoms with Gasteiger partial charge in [0.25, 0.3) is 11.8 Å². The van der Waals surface area contributed by atoms with Crippen LogP contribution < -0.4 is 16.0 Å². The lowest BCUT2D eigenvalue weighted by atomic mass is 10.1. The fraction of sp³-hybridized carbons (Fsp3) is 0.211. The van der Waals surface area contributed by atoms with Gasteiger partial charge in [0.2, 0.25) is 0 Å². The number of anilines is 1. The molecule has 0 aliphatic heterocycles. The number of carbonyl (C=O) groups is 2. The Hall–Kier alpha value is -2.04. The van der Waals surface area contributed by atoms with E-state index in [1.165, 1.54) is 0 Å². The zero-order valence-corrected chi connectivity index (χ0v) is 17.9. The van der Waals surface area contributed by atoms with Gasteiger partial charge < -0.3 is 15.4 Å².